The molecule has 1 N–H and O–H groups in total. The number of piperidine rings is 2. The Morgan fingerprint density at radius 2 is 1.68 bits per heavy atom. The lowest BCUT2D eigenvalue weighted by Crippen LogP contribution is -2.40. The molecule has 0 atom stereocenters. The maximum absolute atomic E-state index is 5.23. The van der Waals surface area contributed by atoms with Crippen LogP contribution in [0.3, 0.4) is 0 Å². The summed E-state index contributed by atoms with van der Waals surface area (Å²) < 4.78 is 5.23. The van der Waals surface area contributed by atoms with Gasteiger partial charge in [0.2, 0.25) is 0 Å². The van der Waals surface area contributed by atoms with Gasteiger partial charge in [0.05, 0.1) is 7.11 Å². The molecular formula is C19H30N2O. The molecule has 22 heavy (non-hydrogen) atoms. The molecule has 1 aromatic rings. The first-order valence-corrected chi connectivity index (χ1v) is 8.89. The van der Waals surface area contributed by atoms with E-state index < -0.39 is 0 Å². The second-order valence-electron chi connectivity index (χ2n) is 6.99. The third-order valence-electron chi connectivity index (χ3n) is 5.37. The lowest BCUT2D eigenvalue weighted by Gasteiger charge is -2.35. The van der Waals surface area contributed by atoms with Gasteiger partial charge < -0.3 is 15.0 Å². The Morgan fingerprint density at radius 3 is 2.32 bits per heavy atom. The molecule has 3 nitrogen and oxygen atoms in total. The molecule has 122 valence electrons. The van der Waals surface area contributed by atoms with Gasteiger partial charge >= 0.3 is 0 Å². The second kappa shape index (κ2) is 7.98. The molecule has 2 aliphatic rings. The average molecular weight is 302 g/mol. The minimum absolute atomic E-state index is 0.859. The van der Waals surface area contributed by atoms with Crippen molar-refractivity contribution in [3.8, 4) is 5.75 Å². The highest BCUT2D eigenvalue weighted by atomic mass is 16.5. The molecule has 0 radical (unpaired) electrons. The van der Waals surface area contributed by atoms with Crippen LogP contribution in [0.4, 0.5) is 0 Å². The van der Waals surface area contributed by atoms with Crippen LogP contribution in [-0.4, -0.2) is 44.7 Å². The number of rotatable bonds is 5. The molecule has 0 unspecified atom stereocenters. The first-order chi connectivity index (χ1) is 10.8. The highest BCUT2D eigenvalue weighted by Crippen LogP contribution is 2.24. The van der Waals surface area contributed by atoms with Crippen LogP contribution in [0, 0.1) is 11.8 Å². The van der Waals surface area contributed by atoms with E-state index in [2.05, 4.69) is 34.5 Å². The Kier molecular flexibility index (Phi) is 5.74. The van der Waals surface area contributed by atoms with Crippen molar-refractivity contribution >= 4 is 0 Å². The van der Waals surface area contributed by atoms with Crippen molar-refractivity contribution in [3.05, 3.63) is 29.8 Å². The summed E-state index contributed by atoms with van der Waals surface area (Å²) in [6, 6.07) is 8.61. The molecule has 2 fully saturated rings. The number of benzene rings is 1. The van der Waals surface area contributed by atoms with E-state index in [0.717, 1.165) is 17.6 Å². The van der Waals surface area contributed by atoms with Gasteiger partial charge in [-0.2, -0.15) is 0 Å². The van der Waals surface area contributed by atoms with Crippen LogP contribution in [0.1, 0.15) is 31.2 Å². The zero-order valence-electron chi connectivity index (χ0n) is 13.9. The van der Waals surface area contributed by atoms with Crippen LogP contribution in [0.15, 0.2) is 24.3 Å². The van der Waals surface area contributed by atoms with Crippen molar-refractivity contribution in [2.24, 2.45) is 11.8 Å². The number of hydrogen-bond acceptors (Lipinski definition) is 3. The van der Waals surface area contributed by atoms with Crippen molar-refractivity contribution in [1.82, 2.24) is 10.2 Å². The van der Waals surface area contributed by atoms with Gasteiger partial charge in [0.15, 0.2) is 0 Å². The Bertz CT molecular complexity index is 431. The SMILES string of the molecule is COc1ccc(CC2CCN(CC3CCNCC3)CC2)cc1. The molecule has 0 aromatic heterocycles. The third-order valence-corrected chi connectivity index (χ3v) is 5.37. The maximum atomic E-state index is 5.23. The van der Waals surface area contributed by atoms with Gasteiger partial charge in [-0.15, -0.1) is 0 Å². The maximum Gasteiger partial charge on any atom is 0.118 e. The number of methoxy groups -OCH3 is 1. The molecule has 0 amide bonds. The van der Waals surface area contributed by atoms with Gasteiger partial charge in [-0.1, -0.05) is 12.1 Å². The van der Waals surface area contributed by atoms with Crippen molar-refractivity contribution in [2.45, 2.75) is 32.1 Å². The Morgan fingerprint density at radius 1 is 1.00 bits per heavy atom. The summed E-state index contributed by atoms with van der Waals surface area (Å²) in [4.78, 5) is 2.71. The Labute approximate surface area is 135 Å². The minimum Gasteiger partial charge on any atom is -0.497 e. The predicted molar refractivity (Wildman–Crippen MR) is 91.5 cm³/mol. The predicted octanol–water partition coefficient (Wildman–Crippen LogP) is 2.95. The third kappa shape index (κ3) is 4.47. The number of ether oxygens (including phenoxy) is 1. The zero-order chi connectivity index (χ0) is 15.2. The van der Waals surface area contributed by atoms with Crippen LogP contribution in [0.2, 0.25) is 0 Å². The molecular weight excluding hydrogens is 272 g/mol. The minimum atomic E-state index is 0.859. The van der Waals surface area contributed by atoms with Crippen LogP contribution in [0.25, 0.3) is 0 Å². The second-order valence-corrected chi connectivity index (χ2v) is 6.99. The standard InChI is InChI=1S/C19H30N2O/c1-22-19-4-2-16(3-5-19)14-17-8-12-21(13-9-17)15-18-6-10-20-11-7-18/h2-5,17-18,20H,6-15H2,1H3. The Balaban J connectivity index is 1.41. The molecule has 2 saturated heterocycles. The van der Waals surface area contributed by atoms with E-state index in [1.165, 1.54) is 70.4 Å². The van der Waals surface area contributed by atoms with E-state index in [9.17, 15) is 0 Å². The zero-order valence-corrected chi connectivity index (χ0v) is 13.9. The fraction of sp³-hybridized carbons (Fsp3) is 0.684. The van der Waals surface area contributed by atoms with Crippen molar-refractivity contribution in [1.29, 1.82) is 0 Å². The van der Waals surface area contributed by atoms with Crippen LogP contribution >= 0.6 is 0 Å². The molecule has 0 spiro atoms. The smallest absolute Gasteiger partial charge is 0.118 e. The summed E-state index contributed by atoms with van der Waals surface area (Å²) in [6.45, 7) is 6.36. The van der Waals surface area contributed by atoms with E-state index in [1.54, 1.807) is 7.11 Å². The summed E-state index contributed by atoms with van der Waals surface area (Å²) in [7, 11) is 1.73. The molecule has 0 aliphatic carbocycles. The highest BCUT2D eigenvalue weighted by molar-refractivity contribution is 5.27. The van der Waals surface area contributed by atoms with E-state index in [4.69, 9.17) is 4.74 Å². The molecule has 3 rings (SSSR count). The summed E-state index contributed by atoms with van der Waals surface area (Å²) in [5.41, 5.74) is 1.46. The lowest BCUT2D eigenvalue weighted by molar-refractivity contribution is 0.148. The molecule has 2 aliphatic heterocycles. The number of likely N-dealkylation sites (tertiary alicyclic amines) is 1. The van der Waals surface area contributed by atoms with Gasteiger partial charge in [-0.3, -0.25) is 0 Å². The van der Waals surface area contributed by atoms with Gasteiger partial charge in [0.25, 0.3) is 0 Å². The van der Waals surface area contributed by atoms with Gasteiger partial charge in [-0.05, 0) is 87.8 Å². The monoisotopic (exact) mass is 302 g/mol. The quantitative estimate of drug-likeness (QED) is 0.905. The first kappa shape index (κ1) is 15.8. The van der Waals surface area contributed by atoms with Crippen LogP contribution in [-0.2, 0) is 6.42 Å². The molecule has 0 bridgehead atoms. The van der Waals surface area contributed by atoms with Crippen LogP contribution in [0.5, 0.6) is 5.75 Å². The van der Waals surface area contributed by atoms with Crippen LogP contribution < -0.4 is 10.1 Å². The molecule has 1 aromatic carbocycles. The summed E-state index contributed by atoms with van der Waals surface area (Å²) >= 11 is 0. The van der Waals surface area contributed by atoms with E-state index in [0.29, 0.717) is 0 Å². The highest BCUT2D eigenvalue weighted by Gasteiger charge is 2.22. The first-order valence-electron chi connectivity index (χ1n) is 8.89. The summed E-state index contributed by atoms with van der Waals surface area (Å²) in [6.07, 6.45) is 6.68. The largest absolute Gasteiger partial charge is 0.497 e. The fourth-order valence-electron chi connectivity index (χ4n) is 3.90. The Hall–Kier alpha value is -1.06. The normalized spacial score (nSPS) is 21.9. The van der Waals surface area contributed by atoms with Crippen molar-refractivity contribution in [3.63, 3.8) is 0 Å². The number of nitrogens with zero attached hydrogens (tertiary/aromatic N) is 1. The molecule has 3 heteroatoms. The van der Waals surface area contributed by atoms with Gasteiger partial charge in [0, 0.05) is 6.54 Å². The lowest BCUT2D eigenvalue weighted by atomic mass is 9.89. The summed E-state index contributed by atoms with van der Waals surface area (Å²) in [5.74, 6) is 2.75. The fourth-order valence-corrected chi connectivity index (χ4v) is 3.90. The van der Waals surface area contributed by atoms with E-state index in [1.807, 2.05) is 0 Å². The van der Waals surface area contributed by atoms with E-state index >= 15 is 0 Å². The van der Waals surface area contributed by atoms with Gasteiger partial charge in [0.1, 0.15) is 5.75 Å². The number of hydrogen-bond donors (Lipinski definition) is 1. The topological polar surface area (TPSA) is 24.5 Å². The average Bonchev–Trinajstić information content (AvgIpc) is 2.58. The van der Waals surface area contributed by atoms with Crippen molar-refractivity contribution in [2.75, 3.05) is 39.8 Å². The molecule has 2 heterocycles. The summed E-state index contributed by atoms with van der Waals surface area (Å²) in [5, 5.41) is 3.47. The number of nitrogens with one attached hydrogen (secondary N) is 1. The molecule has 0 saturated carbocycles. The van der Waals surface area contributed by atoms with Crippen molar-refractivity contribution < 1.29 is 4.74 Å². The van der Waals surface area contributed by atoms with Gasteiger partial charge in [-0.25, -0.2) is 0 Å². The van der Waals surface area contributed by atoms with E-state index in [-0.39, 0.29) is 0 Å².